The number of nitrogens with one attached hydrogen (secondary N) is 1. The largest absolute Gasteiger partial charge is 0.497 e. The van der Waals surface area contributed by atoms with E-state index in [1.165, 1.54) is 19.3 Å². The van der Waals surface area contributed by atoms with Gasteiger partial charge in [0.2, 0.25) is 5.91 Å². The summed E-state index contributed by atoms with van der Waals surface area (Å²) in [7, 11) is 1.65. The van der Waals surface area contributed by atoms with E-state index < -0.39 is 0 Å². The van der Waals surface area contributed by atoms with Gasteiger partial charge in [0.1, 0.15) is 5.75 Å². The second-order valence-corrected chi connectivity index (χ2v) is 7.01. The molecule has 0 aromatic heterocycles. The van der Waals surface area contributed by atoms with Crippen molar-refractivity contribution < 1.29 is 9.53 Å². The first-order chi connectivity index (χ1) is 10.6. The second-order valence-electron chi connectivity index (χ2n) is 5.60. The molecule has 0 unspecified atom stereocenters. The topological polar surface area (TPSA) is 38.3 Å². The average Bonchev–Trinajstić information content (AvgIpc) is 2.55. The van der Waals surface area contributed by atoms with E-state index in [0.29, 0.717) is 5.92 Å². The highest BCUT2D eigenvalue weighted by Crippen LogP contribution is 2.25. The van der Waals surface area contributed by atoms with Crippen LogP contribution in [-0.4, -0.2) is 24.8 Å². The van der Waals surface area contributed by atoms with E-state index in [-0.39, 0.29) is 11.2 Å². The number of unbranched alkanes of at least 4 members (excludes halogenated alkanes) is 1. The first kappa shape index (κ1) is 18.9. The Morgan fingerprint density at radius 3 is 2.50 bits per heavy atom. The number of amides is 1. The number of hydrogen-bond donors (Lipinski definition) is 1. The van der Waals surface area contributed by atoms with Crippen LogP contribution in [0.3, 0.4) is 0 Å². The zero-order valence-corrected chi connectivity index (χ0v) is 15.0. The van der Waals surface area contributed by atoms with Crippen molar-refractivity contribution in [3.05, 3.63) is 24.3 Å². The lowest BCUT2D eigenvalue weighted by molar-refractivity contribution is -0.120. The Hall–Kier alpha value is -1.16. The lowest BCUT2D eigenvalue weighted by Crippen LogP contribution is -2.34. The van der Waals surface area contributed by atoms with Crippen LogP contribution in [0.15, 0.2) is 29.2 Å². The van der Waals surface area contributed by atoms with Crippen LogP contribution in [-0.2, 0) is 4.79 Å². The third kappa shape index (κ3) is 6.73. The number of benzene rings is 1. The zero-order chi connectivity index (χ0) is 16.4. The zero-order valence-electron chi connectivity index (χ0n) is 14.2. The summed E-state index contributed by atoms with van der Waals surface area (Å²) in [5, 5.41) is 3.01. The Bertz CT molecular complexity index is 433. The first-order valence-corrected chi connectivity index (χ1v) is 9.07. The number of methoxy groups -OCH3 is 1. The molecule has 2 atom stereocenters. The van der Waals surface area contributed by atoms with Gasteiger partial charge < -0.3 is 10.1 Å². The average molecular weight is 324 g/mol. The Labute approximate surface area is 139 Å². The smallest absolute Gasteiger partial charge is 0.233 e. The Morgan fingerprint density at radius 2 is 1.95 bits per heavy atom. The maximum absolute atomic E-state index is 12.2. The van der Waals surface area contributed by atoms with Crippen LogP contribution in [0.2, 0.25) is 0 Å². The highest BCUT2D eigenvalue weighted by Gasteiger charge is 2.15. The monoisotopic (exact) mass is 323 g/mol. The molecule has 4 heteroatoms. The van der Waals surface area contributed by atoms with Crippen LogP contribution in [0.4, 0.5) is 0 Å². The maximum Gasteiger partial charge on any atom is 0.233 e. The summed E-state index contributed by atoms with van der Waals surface area (Å²) in [4.78, 5) is 13.3. The SMILES string of the molecule is CCCC[C@H](CC)CNC(=O)[C@H](C)Sc1ccc(OC)cc1. The van der Waals surface area contributed by atoms with E-state index in [0.717, 1.165) is 23.6 Å². The van der Waals surface area contributed by atoms with Crippen molar-refractivity contribution in [2.45, 2.75) is 56.6 Å². The van der Waals surface area contributed by atoms with Gasteiger partial charge in [0.05, 0.1) is 12.4 Å². The highest BCUT2D eigenvalue weighted by molar-refractivity contribution is 8.00. The molecule has 1 aromatic carbocycles. The molecule has 3 nitrogen and oxygen atoms in total. The number of hydrogen-bond acceptors (Lipinski definition) is 3. The molecule has 1 amide bonds. The molecule has 124 valence electrons. The number of thioether (sulfide) groups is 1. The third-order valence-corrected chi connectivity index (χ3v) is 4.96. The minimum absolute atomic E-state index is 0.0860. The van der Waals surface area contributed by atoms with Crippen LogP contribution in [0.25, 0.3) is 0 Å². The summed E-state index contributed by atoms with van der Waals surface area (Å²) in [5.74, 6) is 1.56. The van der Waals surface area contributed by atoms with Crippen LogP contribution >= 0.6 is 11.8 Å². The molecule has 0 aliphatic heterocycles. The van der Waals surface area contributed by atoms with Gasteiger partial charge in [-0.25, -0.2) is 0 Å². The van der Waals surface area contributed by atoms with Crippen molar-refractivity contribution >= 4 is 17.7 Å². The lowest BCUT2D eigenvalue weighted by Gasteiger charge is -2.17. The van der Waals surface area contributed by atoms with Gasteiger partial charge in [-0.1, -0.05) is 33.1 Å². The van der Waals surface area contributed by atoms with Gasteiger partial charge in [0.15, 0.2) is 0 Å². The molecular weight excluding hydrogens is 294 g/mol. The fourth-order valence-electron chi connectivity index (χ4n) is 2.24. The second kappa shape index (κ2) is 10.5. The molecule has 1 rings (SSSR count). The standard InChI is InChI=1S/C18H29NO2S/c1-5-7-8-15(6-2)13-19-18(20)14(3)22-17-11-9-16(21-4)10-12-17/h9-12,14-15H,5-8,13H2,1-4H3,(H,19,20)/t14-,15-/m0/s1. The molecule has 0 aliphatic carbocycles. The van der Waals surface area contributed by atoms with E-state index >= 15 is 0 Å². The fraction of sp³-hybridized carbons (Fsp3) is 0.611. The van der Waals surface area contributed by atoms with Crippen molar-refractivity contribution in [1.82, 2.24) is 5.32 Å². The Kier molecular flexibility index (Phi) is 9.05. The van der Waals surface area contributed by atoms with Gasteiger partial charge >= 0.3 is 0 Å². The van der Waals surface area contributed by atoms with Gasteiger partial charge in [-0.2, -0.15) is 0 Å². The van der Waals surface area contributed by atoms with Gasteiger partial charge in [-0.05, 0) is 43.5 Å². The summed E-state index contributed by atoms with van der Waals surface area (Å²) in [6.07, 6.45) is 4.78. The molecule has 0 fully saturated rings. The maximum atomic E-state index is 12.2. The summed E-state index contributed by atoms with van der Waals surface area (Å²) in [5.41, 5.74) is 0. The molecule has 0 bridgehead atoms. The molecule has 1 aromatic rings. The summed E-state index contributed by atoms with van der Waals surface area (Å²) < 4.78 is 5.14. The predicted molar refractivity (Wildman–Crippen MR) is 94.6 cm³/mol. The number of carbonyl (C=O) groups excluding carboxylic acids is 1. The molecule has 0 saturated carbocycles. The van der Waals surface area contributed by atoms with E-state index in [1.54, 1.807) is 18.9 Å². The van der Waals surface area contributed by atoms with E-state index in [1.807, 2.05) is 31.2 Å². The van der Waals surface area contributed by atoms with Gasteiger partial charge in [0, 0.05) is 11.4 Å². The minimum atomic E-state index is -0.0860. The van der Waals surface area contributed by atoms with E-state index in [9.17, 15) is 4.79 Å². The van der Waals surface area contributed by atoms with Gasteiger partial charge in [-0.3, -0.25) is 4.79 Å². The normalized spacial score (nSPS) is 13.5. The summed E-state index contributed by atoms with van der Waals surface area (Å²) in [6, 6.07) is 7.82. The summed E-state index contributed by atoms with van der Waals surface area (Å²) in [6.45, 7) is 7.15. The molecule has 0 spiro atoms. The Morgan fingerprint density at radius 1 is 1.27 bits per heavy atom. The fourth-order valence-corrected chi connectivity index (χ4v) is 3.14. The Balaban J connectivity index is 2.40. The van der Waals surface area contributed by atoms with E-state index in [4.69, 9.17) is 4.74 Å². The van der Waals surface area contributed by atoms with Crippen LogP contribution < -0.4 is 10.1 Å². The molecule has 0 radical (unpaired) electrons. The predicted octanol–water partition coefficient (Wildman–Crippen LogP) is 4.51. The molecule has 22 heavy (non-hydrogen) atoms. The quantitative estimate of drug-likeness (QED) is 0.644. The molecule has 1 N–H and O–H groups in total. The number of rotatable bonds is 10. The van der Waals surface area contributed by atoms with Gasteiger partial charge in [-0.15, -0.1) is 11.8 Å². The van der Waals surface area contributed by atoms with Crippen molar-refractivity contribution in [3.63, 3.8) is 0 Å². The van der Waals surface area contributed by atoms with E-state index in [2.05, 4.69) is 19.2 Å². The van der Waals surface area contributed by atoms with Crippen molar-refractivity contribution in [3.8, 4) is 5.75 Å². The first-order valence-electron chi connectivity index (χ1n) is 8.19. The molecule has 0 aliphatic rings. The van der Waals surface area contributed by atoms with Crippen LogP contribution in [0.1, 0.15) is 46.5 Å². The van der Waals surface area contributed by atoms with Crippen LogP contribution in [0, 0.1) is 5.92 Å². The number of ether oxygens (including phenoxy) is 1. The lowest BCUT2D eigenvalue weighted by atomic mass is 9.99. The minimum Gasteiger partial charge on any atom is -0.497 e. The van der Waals surface area contributed by atoms with Gasteiger partial charge in [0.25, 0.3) is 0 Å². The van der Waals surface area contributed by atoms with Crippen molar-refractivity contribution in [2.75, 3.05) is 13.7 Å². The summed E-state index contributed by atoms with van der Waals surface area (Å²) >= 11 is 1.58. The van der Waals surface area contributed by atoms with Crippen molar-refractivity contribution in [2.24, 2.45) is 5.92 Å². The highest BCUT2D eigenvalue weighted by atomic mass is 32.2. The van der Waals surface area contributed by atoms with Crippen molar-refractivity contribution in [1.29, 1.82) is 0 Å². The number of carbonyl (C=O) groups is 1. The van der Waals surface area contributed by atoms with Crippen LogP contribution in [0.5, 0.6) is 5.75 Å². The molecule has 0 saturated heterocycles. The third-order valence-electron chi connectivity index (χ3n) is 3.85. The molecular formula is C18H29NO2S. The molecule has 0 heterocycles.